The number of hydrogen-bond donors (Lipinski definition) is 1. The minimum Gasteiger partial charge on any atom is -0.267 e. The molecule has 102 valence electrons. The van der Waals surface area contributed by atoms with E-state index in [1.165, 1.54) is 12.2 Å². The van der Waals surface area contributed by atoms with Gasteiger partial charge in [-0.25, -0.2) is 13.4 Å². The van der Waals surface area contributed by atoms with Gasteiger partial charge in [0.05, 0.1) is 5.25 Å². The van der Waals surface area contributed by atoms with Crippen LogP contribution in [0, 0.1) is 5.92 Å². The van der Waals surface area contributed by atoms with Crippen LogP contribution in [-0.4, -0.2) is 19.4 Å². The van der Waals surface area contributed by atoms with Gasteiger partial charge >= 0.3 is 0 Å². The van der Waals surface area contributed by atoms with Crippen molar-refractivity contribution < 1.29 is 8.42 Å². The van der Waals surface area contributed by atoms with Crippen LogP contribution < -0.4 is 4.72 Å². The van der Waals surface area contributed by atoms with Crippen LogP contribution in [0.2, 0.25) is 0 Å². The smallest absolute Gasteiger partial charge is 0.236 e. The van der Waals surface area contributed by atoms with Gasteiger partial charge in [-0.05, 0) is 31.9 Å². The highest BCUT2D eigenvalue weighted by molar-refractivity contribution is 7.90. The highest BCUT2D eigenvalue weighted by atomic mass is 32.2. The molecule has 0 unspecified atom stereocenters. The largest absolute Gasteiger partial charge is 0.267 e. The van der Waals surface area contributed by atoms with E-state index < -0.39 is 15.3 Å². The molecule has 5 heteroatoms. The number of nitrogens with zero attached hydrogens (tertiary/aromatic N) is 1. The zero-order chi connectivity index (χ0) is 14.3. The number of allylic oxidation sites excluding steroid dienone is 3. The fourth-order valence-corrected chi connectivity index (χ4v) is 1.66. The van der Waals surface area contributed by atoms with E-state index in [0.29, 0.717) is 0 Å². The lowest BCUT2D eigenvalue weighted by molar-refractivity contribution is 0.579. The van der Waals surface area contributed by atoms with Gasteiger partial charge in [0.15, 0.2) is 0 Å². The molecule has 4 nitrogen and oxygen atoms in total. The summed E-state index contributed by atoms with van der Waals surface area (Å²) in [6, 6.07) is 0. The normalized spacial score (nSPS) is 13.9. The van der Waals surface area contributed by atoms with Gasteiger partial charge in [0.1, 0.15) is 5.82 Å². The third kappa shape index (κ3) is 5.31. The van der Waals surface area contributed by atoms with Crippen LogP contribution in [0.5, 0.6) is 0 Å². The van der Waals surface area contributed by atoms with Gasteiger partial charge < -0.3 is 0 Å². The van der Waals surface area contributed by atoms with Crippen molar-refractivity contribution in [2.75, 3.05) is 0 Å². The second-order valence-corrected chi connectivity index (χ2v) is 6.62. The van der Waals surface area contributed by atoms with E-state index in [4.69, 9.17) is 0 Å². The topological polar surface area (TPSA) is 58.5 Å². The van der Waals surface area contributed by atoms with Gasteiger partial charge in [-0.3, -0.25) is 4.72 Å². The fourth-order valence-electron chi connectivity index (χ4n) is 1.02. The molecule has 0 aliphatic carbocycles. The van der Waals surface area contributed by atoms with Gasteiger partial charge in [-0.2, -0.15) is 0 Å². The van der Waals surface area contributed by atoms with Crippen LogP contribution >= 0.6 is 0 Å². The van der Waals surface area contributed by atoms with E-state index >= 15 is 0 Å². The first-order valence-electron chi connectivity index (χ1n) is 5.80. The standard InChI is InChI=1S/C13H22N2O2S/c1-7-9-13(14-12(8-2)10(3)4)15-18(16,17)11(5)6/h7-11,15H,1-2H2,3-6H3/b13-9+,14-12+. The summed E-state index contributed by atoms with van der Waals surface area (Å²) in [5, 5.41) is -0.521. The van der Waals surface area contributed by atoms with Crippen molar-refractivity contribution in [3.8, 4) is 0 Å². The molecule has 0 bridgehead atoms. The fraction of sp³-hybridized carbons (Fsp3) is 0.462. The average Bonchev–Trinajstić information content (AvgIpc) is 2.24. The van der Waals surface area contributed by atoms with Crippen LogP contribution in [0.25, 0.3) is 0 Å². The first-order chi connectivity index (χ1) is 8.24. The Bertz CT molecular complexity index is 457. The molecule has 0 aromatic carbocycles. The molecule has 0 aromatic rings. The van der Waals surface area contributed by atoms with Crippen molar-refractivity contribution in [1.82, 2.24) is 4.72 Å². The molecule has 0 saturated heterocycles. The number of aliphatic imine (C=N–C) groups is 1. The van der Waals surface area contributed by atoms with Gasteiger partial charge in [-0.15, -0.1) is 0 Å². The van der Waals surface area contributed by atoms with E-state index in [1.54, 1.807) is 19.9 Å². The molecule has 18 heavy (non-hydrogen) atoms. The minimum atomic E-state index is -3.41. The van der Waals surface area contributed by atoms with Crippen LogP contribution in [0.4, 0.5) is 0 Å². The Kier molecular flexibility index (Phi) is 6.62. The van der Waals surface area contributed by atoms with Crippen molar-refractivity contribution in [2.45, 2.75) is 32.9 Å². The molecular weight excluding hydrogens is 248 g/mol. The van der Waals surface area contributed by atoms with E-state index in [-0.39, 0.29) is 11.7 Å². The van der Waals surface area contributed by atoms with E-state index in [1.807, 2.05) is 13.8 Å². The molecule has 0 saturated carbocycles. The molecule has 0 rings (SSSR count). The Labute approximate surface area is 110 Å². The van der Waals surface area contributed by atoms with Crippen LogP contribution in [0.15, 0.2) is 42.2 Å². The Hall–Kier alpha value is -1.36. The van der Waals surface area contributed by atoms with Crippen molar-refractivity contribution in [3.05, 3.63) is 37.2 Å². The van der Waals surface area contributed by atoms with E-state index in [2.05, 4.69) is 22.9 Å². The molecule has 0 fully saturated rings. The van der Waals surface area contributed by atoms with E-state index in [0.717, 1.165) is 5.71 Å². The Morgan fingerprint density at radius 1 is 1.22 bits per heavy atom. The monoisotopic (exact) mass is 270 g/mol. The number of hydrogen-bond acceptors (Lipinski definition) is 3. The molecule has 0 amide bonds. The van der Waals surface area contributed by atoms with Crippen molar-refractivity contribution >= 4 is 15.7 Å². The zero-order valence-electron chi connectivity index (χ0n) is 11.5. The summed E-state index contributed by atoms with van der Waals surface area (Å²) < 4.78 is 26.0. The maximum Gasteiger partial charge on any atom is 0.236 e. The summed E-state index contributed by atoms with van der Waals surface area (Å²) in [6.45, 7) is 14.3. The summed E-state index contributed by atoms with van der Waals surface area (Å²) in [5.41, 5.74) is 0.717. The average molecular weight is 270 g/mol. The molecule has 0 spiro atoms. The van der Waals surface area contributed by atoms with Gasteiger partial charge in [0.25, 0.3) is 0 Å². The number of nitrogens with one attached hydrogen (secondary N) is 1. The summed E-state index contributed by atoms with van der Waals surface area (Å²) in [7, 11) is -3.41. The third-order valence-corrected chi connectivity index (χ3v) is 3.93. The van der Waals surface area contributed by atoms with Gasteiger partial charge in [0.2, 0.25) is 10.0 Å². The number of sulfonamides is 1. The second-order valence-electron chi connectivity index (χ2n) is 4.38. The van der Waals surface area contributed by atoms with Crippen molar-refractivity contribution in [1.29, 1.82) is 0 Å². The summed E-state index contributed by atoms with van der Waals surface area (Å²) >= 11 is 0. The SMILES string of the molecule is C=C/C=C(\N=C(/C=C)C(C)C)NS(=O)(=O)C(C)C. The first-order valence-corrected chi connectivity index (χ1v) is 7.34. The number of rotatable bonds is 7. The first kappa shape index (κ1) is 16.6. The lowest BCUT2D eigenvalue weighted by Crippen LogP contribution is -2.30. The minimum absolute atomic E-state index is 0.166. The maximum absolute atomic E-state index is 11.8. The zero-order valence-corrected chi connectivity index (χ0v) is 12.3. The quantitative estimate of drug-likeness (QED) is 0.571. The molecule has 0 atom stereocenters. The van der Waals surface area contributed by atoms with Gasteiger partial charge in [0, 0.05) is 5.71 Å². The third-order valence-electron chi connectivity index (χ3n) is 2.19. The lowest BCUT2D eigenvalue weighted by Gasteiger charge is -2.12. The second kappa shape index (κ2) is 7.16. The summed E-state index contributed by atoms with van der Waals surface area (Å²) in [6.07, 6.45) is 4.62. The van der Waals surface area contributed by atoms with Crippen LogP contribution in [-0.2, 0) is 10.0 Å². The lowest BCUT2D eigenvalue weighted by atomic mass is 10.1. The summed E-state index contributed by atoms with van der Waals surface area (Å²) in [5.74, 6) is 0.418. The van der Waals surface area contributed by atoms with E-state index in [9.17, 15) is 8.42 Å². The molecular formula is C13H22N2O2S. The molecule has 0 aliphatic rings. The Balaban J connectivity index is 5.32. The van der Waals surface area contributed by atoms with Crippen LogP contribution in [0.3, 0.4) is 0 Å². The van der Waals surface area contributed by atoms with Gasteiger partial charge in [-0.1, -0.05) is 33.1 Å². The Morgan fingerprint density at radius 2 is 1.78 bits per heavy atom. The Morgan fingerprint density at radius 3 is 2.11 bits per heavy atom. The van der Waals surface area contributed by atoms with Crippen molar-refractivity contribution in [3.63, 3.8) is 0 Å². The molecule has 1 N–H and O–H groups in total. The predicted octanol–water partition coefficient (Wildman–Crippen LogP) is 2.62. The molecule has 0 heterocycles. The van der Waals surface area contributed by atoms with Crippen LogP contribution in [0.1, 0.15) is 27.7 Å². The highest BCUT2D eigenvalue weighted by Gasteiger charge is 2.16. The molecule has 0 radical (unpaired) electrons. The predicted molar refractivity (Wildman–Crippen MR) is 77.9 cm³/mol. The maximum atomic E-state index is 11.8. The summed E-state index contributed by atoms with van der Waals surface area (Å²) in [4.78, 5) is 4.25. The molecule has 0 aliphatic heterocycles. The van der Waals surface area contributed by atoms with Crippen molar-refractivity contribution in [2.24, 2.45) is 10.9 Å². The highest BCUT2D eigenvalue weighted by Crippen LogP contribution is 2.06. The molecule has 0 aromatic heterocycles.